The minimum absolute atomic E-state index is 0.0506. The quantitative estimate of drug-likeness (QED) is 0.726. The number of phenolic OH excluding ortho intramolecular Hbond substituents is 1. The molecule has 1 aliphatic rings. The van der Waals surface area contributed by atoms with Crippen molar-refractivity contribution >= 4 is 21.8 Å². The molecule has 0 radical (unpaired) electrons. The Bertz CT molecular complexity index is 911. The van der Waals surface area contributed by atoms with Crippen molar-refractivity contribution < 1.29 is 23.4 Å². The summed E-state index contributed by atoms with van der Waals surface area (Å²) in [7, 11) is -3.95. The van der Waals surface area contributed by atoms with E-state index in [1.54, 1.807) is 6.07 Å². The van der Waals surface area contributed by atoms with Crippen LogP contribution in [0.3, 0.4) is 0 Å². The van der Waals surface area contributed by atoms with E-state index in [-0.39, 0.29) is 24.6 Å². The first-order valence-electron chi connectivity index (χ1n) is 7.73. The third-order valence-electron chi connectivity index (χ3n) is 4.02. The molecule has 0 spiro atoms. The van der Waals surface area contributed by atoms with Gasteiger partial charge in [-0.2, -0.15) is 8.42 Å². The first kappa shape index (κ1) is 17.2. The summed E-state index contributed by atoms with van der Waals surface area (Å²) in [5, 5.41) is 19.4. The normalized spacial score (nSPS) is 16.0. The van der Waals surface area contributed by atoms with Crippen LogP contribution in [0, 0.1) is 0 Å². The fourth-order valence-corrected chi connectivity index (χ4v) is 4.03. The zero-order valence-corrected chi connectivity index (χ0v) is 14.2. The lowest BCUT2D eigenvalue weighted by molar-refractivity contribution is -0.117. The summed E-state index contributed by atoms with van der Waals surface area (Å²) in [5.74, 6) is -0.848. The van der Waals surface area contributed by atoms with Crippen LogP contribution in [-0.4, -0.2) is 37.7 Å². The molecule has 2 aromatic carbocycles. The highest BCUT2D eigenvalue weighted by Gasteiger charge is 2.35. The monoisotopic (exact) mass is 362 g/mol. The van der Waals surface area contributed by atoms with E-state index in [2.05, 4.69) is 0 Å². The Labute approximate surface area is 145 Å². The van der Waals surface area contributed by atoms with E-state index in [1.165, 1.54) is 12.1 Å². The molecule has 0 atom stereocenters. The Morgan fingerprint density at radius 3 is 2.44 bits per heavy atom. The van der Waals surface area contributed by atoms with Crippen molar-refractivity contribution in [2.24, 2.45) is 0 Å². The highest BCUT2D eigenvalue weighted by atomic mass is 32.2. The molecule has 1 fully saturated rings. The zero-order valence-electron chi connectivity index (χ0n) is 13.3. The number of benzene rings is 2. The number of nitrogens with one attached hydrogen (secondary N) is 1. The van der Waals surface area contributed by atoms with E-state index in [9.17, 15) is 18.3 Å². The van der Waals surface area contributed by atoms with Crippen LogP contribution < -0.4 is 9.03 Å². The zero-order chi connectivity index (χ0) is 18.0. The minimum atomic E-state index is -3.95. The smallest absolute Gasteiger partial charge is 0.326 e. The van der Waals surface area contributed by atoms with Gasteiger partial charge in [-0.3, -0.25) is 4.79 Å². The Hall–Kier alpha value is -2.58. The fraction of sp³-hybridized carbons (Fsp3) is 0.235. The number of aliphatic hydroxyl groups is 1. The molecule has 3 N–H and O–H groups in total. The molecule has 1 amide bonds. The Morgan fingerprint density at radius 2 is 1.84 bits per heavy atom. The van der Waals surface area contributed by atoms with E-state index in [0.29, 0.717) is 12.8 Å². The lowest BCUT2D eigenvalue weighted by Gasteiger charge is -2.17. The molecule has 1 heterocycles. The van der Waals surface area contributed by atoms with E-state index < -0.39 is 16.1 Å². The lowest BCUT2D eigenvalue weighted by atomic mass is 9.98. The highest BCUT2D eigenvalue weighted by molar-refractivity contribution is 7.92. The van der Waals surface area contributed by atoms with Gasteiger partial charge in [0.05, 0.1) is 5.69 Å². The summed E-state index contributed by atoms with van der Waals surface area (Å²) < 4.78 is 26.5. The Kier molecular flexibility index (Phi) is 4.65. The van der Waals surface area contributed by atoms with Crippen LogP contribution in [0.25, 0.3) is 0 Å². The second-order valence-corrected chi connectivity index (χ2v) is 7.37. The fourth-order valence-electron chi connectivity index (χ4n) is 2.87. The van der Waals surface area contributed by atoms with Gasteiger partial charge in [0.25, 0.3) is 5.91 Å². The van der Waals surface area contributed by atoms with Gasteiger partial charge in [0.2, 0.25) is 0 Å². The standard InChI is InChI=1S/C17H18N2O5S/c20-8-7-13-3-1-2-4-14(13)9-12-5-6-15(16(21)10-12)19-11-17(22)18-25(19,23)24/h1-6,10,20-21H,7-9,11H2,(H,18,22). The second kappa shape index (κ2) is 6.73. The summed E-state index contributed by atoms with van der Waals surface area (Å²) in [6, 6.07) is 12.4. The van der Waals surface area contributed by atoms with Gasteiger partial charge in [0, 0.05) is 6.61 Å². The number of hydrogen-bond donors (Lipinski definition) is 3. The van der Waals surface area contributed by atoms with Crippen LogP contribution in [0.2, 0.25) is 0 Å². The summed E-state index contributed by atoms with van der Waals surface area (Å²) in [5.41, 5.74) is 2.90. The topological polar surface area (TPSA) is 107 Å². The van der Waals surface area contributed by atoms with Gasteiger partial charge in [-0.15, -0.1) is 0 Å². The van der Waals surface area contributed by atoms with Gasteiger partial charge >= 0.3 is 10.2 Å². The van der Waals surface area contributed by atoms with Crippen LogP contribution in [0.4, 0.5) is 5.69 Å². The molecule has 3 rings (SSSR count). The number of rotatable bonds is 5. The first-order chi connectivity index (χ1) is 11.9. The third-order valence-corrected chi connectivity index (χ3v) is 5.41. The summed E-state index contributed by atoms with van der Waals surface area (Å²) in [6.07, 6.45) is 1.08. The number of phenols is 1. The molecule has 132 valence electrons. The van der Waals surface area contributed by atoms with Gasteiger partial charge in [-0.1, -0.05) is 30.3 Å². The van der Waals surface area contributed by atoms with Crippen molar-refractivity contribution in [1.29, 1.82) is 0 Å². The second-order valence-electron chi connectivity index (χ2n) is 5.78. The van der Waals surface area contributed by atoms with Gasteiger partial charge in [-0.25, -0.2) is 9.03 Å². The predicted octanol–water partition coefficient (Wildman–Crippen LogP) is 0.699. The van der Waals surface area contributed by atoms with Crippen LogP contribution in [0.15, 0.2) is 42.5 Å². The number of nitrogens with zero attached hydrogens (tertiary/aromatic N) is 1. The van der Waals surface area contributed by atoms with Gasteiger partial charge in [-0.05, 0) is 41.7 Å². The molecule has 0 unspecified atom stereocenters. The molecule has 1 saturated heterocycles. The van der Waals surface area contributed by atoms with Gasteiger partial charge < -0.3 is 10.2 Å². The molecule has 25 heavy (non-hydrogen) atoms. The van der Waals surface area contributed by atoms with Crippen LogP contribution in [0.1, 0.15) is 16.7 Å². The predicted molar refractivity (Wildman–Crippen MR) is 92.6 cm³/mol. The number of anilines is 1. The van der Waals surface area contributed by atoms with Crippen molar-refractivity contribution in [3.63, 3.8) is 0 Å². The number of amides is 1. The average Bonchev–Trinajstić information content (AvgIpc) is 2.82. The van der Waals surface area contributed by atoms with Crippen molar-refractivity contribution in [3.8, 4) is 5.75 Å². The van der Waals surface area contributed by atoms with Gasteiger partial charge in [0.1, 0.15) is 12.3 Å². The van der Waals surface area contributed by atoms with E-state index in [1.807, 2.05) is 29.0 Å². The SMILES string of the molecule is O=C1CN(c2ccc(Cc3ccccc3CCO)cc2O)S(=O)(=O)N1. The van der Waals surface area contributed by atoms with Crippen LogP contribution in [0.5, 0.6) is 5.75 Å². The Balaban J connectivity index is 1.87. The molecule has 7 nitrogen and oxygen atoms in total. The van der Waals surface area contributed by atoms with E-state index >= 15 is 0 Å². The maximum absolute atomic E-state index is 11.9. The van der Waals surface area contributed by atoms with Crippen molar-refractivity contribution in [2.75, 3.05) is 17.5 Å². The first-order valence-corrected chi connectivity index (χ1v) is 9.17. The molecule has 0 bridgehead atoms. The minimum Gasteiger partial charge on any atom is -0.506 e. The van der Waals surface area contributed by atoms with Crippen LogP contribution >= 0.6 is 0 Å². The van der Waals surface area contributed by atoms with Gasteiger partial charge in [0.15, 0.2) is 0 Å². The highest BCUT2D eigenvalue weighted by Crippen LogP contribution is 2.32. The maximum Gasteiger partial charge on any atom is 0.326 e. The number of hydrogen-bond acceptors (Lipinski definition) is 5. The van der Waals surface area contributed by atoms with Crippen molar-refractivity contribution in [1.82, 2.24) is 4.72 Å². The molecule has 8 heteroatoms. The maximum atomic E-state index is 11.9. The van der Waals surface area contributed by atoms with Crippen molar-refractivity contribution in [2.45, 2.75) is 12.8 Å². The number of aromatic hydroxyl groups is 1. The molecule has 0 aliphatic carbocycles. The van der Waals surface area contributed by atoms with Crippen LogP contribution in [-0.2, 0) is 27.8 Å². The molecule has 0 saturated carbocycles. The van der Waals surface area contributed by atoms with E-state index in [4.69, 9.17) is 5.11 Å². The largest absolute Gasteiger partial charge is 0.506 e. The number of aliphatic hydroxyl groups excluding tert-OH is 1. The molecular weight excluding hydrogens is 344 g/mol. The molecule has 0 aromatic heterocycles. The summed E-state index contributed by atoms with van der Waals surface area (Å²) in [4.78, 5) is 11.3. The Morgan fingerprint density at radius 1 is 1.12 bits per heavy atom. The number of carbonyl (C=O) groups excluding carboxylic acids is 1. The third kappa shape index (κ3) is 3.59. The summed E-state index contributed by atoms with van der Waals surface area (Å²) >= 11 is 0. The summed E-state index contributed by atoms with van der Waals surface area (Å²) in [6.45, 7) is -0.302. The lowest BCUT2D eigenvalue weighted by Crippen LogP contribution is -2.29. The van der Waals surface area contributed by atoms with E-state index in [0.717, 1.165) is 21.0 Å². The molecular formula is C17H18N2O5S. The molecule has 1 aliphatic heterocycles. The molecule has 2 aromatic rings. The van der Waals surface area contributed by atoms with Crippen molar-refractivity contribution in [3.05, 3.63) is 59.2 Å². The number of carbonyl (C=O) groups is 1. The average molecular weight is 362 g/mol.